The molecule has 0 aliphatic heterocycles. The molecule has 0 fully saturated rings. The van der Waals surface area contributed by atoms with E-state index in [1.165, 1.54) is 154 Å². The second-order valence-corrected chi connectivity index (χ2v) is 15.7. The van der Waals surface area contributed by atoms with Gasteiger partial charge in [0.2, 0.25) is 0 Å². The number of hydrogen-bond acceptors (Lipinski definition) is 5. The molecule has 5 heteroatoms. The van der Waals surface area contributed by atoms with Crippen molar-refractivity contribution in [3.63, 3.8) is 0 Å². The summed E-state index contributed by atoms with van der Waals surface area (Å²) in [5.74, 6) is 3.21. The molecule has 0 amide bonds. The molecule has 0 aromatic carbocycles. The van der Waals surface area contributed by atoms with Crippen molar-refractivity contribution in [1.82, 2.24) is 0 Å². The van der Waals surface area contributed by atoms with E-state index >= 15 is 0 Å². The first-order valence-corrected chi connectivity index (χ1v) is 22.1. The molecule has 0 radical (unpaired) electrons. The van der Waals surface area contributed by atoms with E-state index in [2.05, 4.69) is 27.7 Å². The summed E-state index contributed by atoms with van der Waals surface area (Å²) in [5.41, 5.74) is 0. The van der Waals surface area contributed by atoms with Crippen LogP contribution in [0.3, 0.4) is 0 Å². The molecule has 0 aromatic rings. The van der Waals surface area contributed by atoms with Crippen molar-refractivity contribution in [3.05, 3.63) is 0 Å². The van der Waals surface area contributed by atoms with Crippen LogP contribution < -0.4 is 0 Å². The third kappa shape index (κ3) is 34.9. The van der Waals surface area contributed by atoms with Crippen molar-refractivity contribution in [3.8, 4) is 0 Å². The smallest absolute Gasteiger partial charge is 0.305 e. The fraction of sp³-hybridized carbons (Fsp3) is 0.952. The van der Waals surface area contributed by atoms with Crippen LogP contribution in [0.5, 0.6) is 0 Å². The molecule has 2 unspecified atom stereocenters. The highest BCUT2D eigenvalue weighted by molar-refractivity contribution is 7.99. The zero-order valence-electron chi connectivity index (χ0n) is 32.2. The van der Waals surface area contributed by atoms with Crippen LogP contribution in [-0.2, 0) is 19.1 Å². The number of esters is 2. The van der Waals surface area contributed by atoms with Gasteiger partial charge in [-0.25, -0.2) is 0 Å². The van der Waals surface area contributed by atoms with Crippen LogP contribution in [0.15, 0.2) is 0 Å². The monoisotopic (exact) mass is 683 g/mol. The first kappa shape index (κ1) is 46.3. The van der Waals surface area contributed by atoms with Gasteiger partial charge in [0, 0.05) is 12.8 Å². The van der Waals surface area contributed by atoms with Gasteiger partial charge in [-0.2, -0.15) is 11.8 Å². The summed E-state index contributed by atoms with van der Waals surface area (Å²) >= 11 is 1.95. The van der Waals surface area contributed by atoms with Gasteiger partial charge in [-0.3, -0.25) is 9.59 Å². The highest BCUT2D eigenvalue weighted by Crippen LogP contribution is 2.21. The summed E-state index contributed by atoms with van der Waals surface area (Å²) in [6, 6.07) is 0. The van der Waals surface area contributed by atoms with E-state index in [4.69, 9.17) is 9.47 Å². The number of carbonyl (C=O) groups is 2. The summed E-state index contributed by atoms with van der Waals surface area (Å²) in [5, 5.41) is 0. The molecule has 0 aliphatic rings. The van der Waals surface area contributed by atoms with Gasteiger partial charge in [0.25, 0.3) is 0 Å². The summed E-state index contributed by atoms with van der Waals surface area (Å²) in [7, 11) is 0. The van der Waals surface area contributed by atoms with Gasteiger partial charge in [0.05, 0.1) is 13.2 Å². The van der Waals surface area contributed by atoms with Gasteiger partial charge >= 0.3 is 11.9 Å². The SMILES string of the molecule is CCCCCCCCC(CCCCCC)COC(=O)CCCCSCCCCC(=O)OCC(CCCCCC)CCCCCCCC. The Balaban J connectivity index is 3.97. The Labute approximate surface area is 298 Å². The molecule has 0 saturated carbocycles. The fourth-order valence-corrected chi connectivity index (χ4v) is 7.40. The van der Waals surface area contributed by atoms with Crippen LogP contribution in [0.25, 0.3) is 0 Å². The molecule has 47 heavy (non-hydrogen) atoms. The topological polar surface area (TPSA) is 52.6 Å². The number of carbonyl (C=O) groups excluding carboxylic acids is 2. The fourth-order valence-electron chi connectivity index (χ4n) is 6.38. The van der Waals surface area contributed by atoms with Crippen molar-refractivity contribution in [1.29, 1.82) is 0 Å². The Morgan fingerprint density at radius 3 is 1.04 bits per heavy atom. The largest absolute Gasteiger partial charge is 0.465 e. The number of ether oxygens (including phenoxy) is 2. The molecule has 0 aliphatic carbocycles. The Hall–Kier alpha value is -0.710. The van der Waals surface area contributed by atoms with Crippen LogP contribution in [0.4, 0.5) is 0 Å². The van der Waals surface area contributed by atoms with Crippen LogP contribution >= 0.6 is 11.8 Å². The van der Waals surface area contributed by atoms with Gasteiger partial charge < -0.3 is 9.47 Å². The number of thioether (sulfide) groups is 1. The maximum Gasteiger partial charge on any atom is 0.305 e. The first-order chi connectivity index (χ1) is 23.1. The molecule has 4 nitrogen and oxygen atoms in total. The van der Waals surface area contributed by atoms with Crippen molar-refractivity contribution in [2.24, 2.45) is 11.8 Å². The van der Waals surface area contributed by atoms with E-state index in [1.54, 1.807) is 0 Å². The summed E-state index contributed by atoms with van der Waals surface area (Å²) in [6.07, 6.45) is 36.1. The third-order valence-corrected chi connectivity index (χ3v) is 10.8. The summed E-state index contributed by atoms with van der Waals surface area (Å²) in [4.78, 5) is 24.8. The normalized spacial score (nSPS) is 12.7. The van der Waals surface area contributed by atoms with E-state index in [1.807, 2.05) is 11.8 Å². The average molecular weight is 683 g/mol. The summed E-state index contributed by atoms with van der Waals surface area (Å²) in [6.45, 7) is 10.3. The van der Waals surface area contributed by atoms with Gasteiger partial charge in [0.15, 0.2) is 0 Å². The van der Waals surface area contributed by atoms with E-state index in [0.29, 0.717) is 37.9 Å². The molecular formula is C42H82O4S. The molecular weight excluding hydrogens is 601 g/mol. The van der Waals surface area contributed by atoms with E-state index in [-0.39, 0.29) is 11.9 Å². The maximum absolute atomic E-state index is 12.4. The van der Waals surface area contributed by atoms with Crippen LogP contribution in [0, 0.1) is 11.8 Å². The predicted octanol–water partition coefficient (Wildman–Crippen LogP) is 13.8. The molecule has 0 bridgehead atoms. The molecule has 280 valence electrons. The number of hydrogen-bond donors (Lipinski definition) is 0. The lowest BCUT2D eigenvalue weighted by atomic mass is 9.95. The van der Waals surface area contributed by atoms with Crippen LogP contribution in [0.2, 0.25) is 0 Å². The second-order valence-electron chi connectivity index (χ2n) is 14.4. The minimum Gasteiger partial charge on any atom is -0.465 e. The molecule has 0 N–H and O–H groups in total. The predicted molar refractivity (Wildman–Crippen MR) is 207 cm³/mol. The highest BCUT2D eigenvalue weighted by atomic mass is 32.2. The standard InChI is InChI=1S/C42H82O4S/c1-5-9-13-17-19-23-31-39(29-21-15-11-7-3)37-45-41(43)33-25-27-35-47-36-28-26-34-42(44)46-38-40(30-22-16-12-8-4)32-24-20-18-14-10-6-2/h39-40H,5-38H2,1-4H3. The van der Waals surface area contributed by atoms with Crippen LogP contribution in [0.1, 0.15) is 220 Å². The zero-order chi connectivity index (χ0) is 34.5. The highest BCUT2D eigenvalue weighted by Gasteiger charge is 2.14. The Kier molecular flexibility index (Phi) is 37.5. The molecule has 2 atom stereocenters. The molecule has 0 rings (SSSR count). The van der Waals surface area contributed by atoms with Crippen molar-refractivity contribution >= 4 is 23.7 Å². The lowest BCUT2D eigenvalue weighted by Crippen LogP contribution is -2.14. The van der Waals surface area contributed by atoms with E-state index in [0.717, 1.165) is 37.2 Å². The minimum atomic E-state index is -0.00908. The maximum atomic E-state index is 12.4. The lowest BCUT2D eigenvalue weighted by molar-refractivity contribution is -0.146. The Morgan fingerprint density at radius 1 is 0.404 bits per heavy atom. The van der Waals surface area contributed by atoms with Gasteiger partial charge in [-0.15, -0.1) is 0 Å². The van der Waals surface area contributed by atoms with Crippen molar-refractivity contribution < 1.29 is 19.1 Å². The van der Waals surface area contributed by atoms with E-state index < -0.39 is 0 Å². The molecule has 0 aromatic heterocycles. The molecule has 0 spiro atoms. The second kappa shape index (κ2) is 38.1. The zero-order valence-corrected chi connectivity index (χ0v) is 33.1. The molecule has 0 saturated heterocycles. The Morgan fingerprint density at radius 2 is 0.702 bits per heavy atom. The van der Waals surface area contributed by atoms with Gasteiger partial charge in [-0.05, 0) is 74.7 Å². The third-order valence-electron chi connectivity index (χ3n) is 9.66. The van der Waals surface area contributed by atoms with Crippen LogP contribution in [-0.4, -0.2) is 36.7 Å². The quantitative estimate of drug-likeness (QED) is 0.0479. The van der Waals surface area contributed by atoms with Gasteiger partial charge in [0.1, 0.15) is 0 Å². The van der Waals surface area contributed by atoms with Gasteiger partial charge in [-0.1, -0.05) is 156 Å². The first-order valence-electron chi connectivity index (χ1n) is 21.0. The summed E-state index contributed by atoms with van der Waals surface area (Å²) < 4.78 is 11.5. The average Bonchev–Trinajstić information content (AvgIpc) is 3.07. The number of unbranched alkanes of at least 4 members (excludes halogenated alkanes) is 18. The lowest BCUT2D eigenvalue weighted by Gasteiger charge is -2.17. The Bertz CT molecular complexity index is 601. The molecule has 0 heterocycles. The van der Waals surface area contributed by atoms with E-state index in [9.17, 15) is 9.59 Å². The van der Waals surface area contributed by atoms with Crippen molar-refractivity contribution in [2.75, 3.05) is 24.7 Å². The van der Waals surface area contributed by atoms with Crippen molar-refractivity contribution in [2.45, 2.75) is 220 Å². The number of rotatable bonds is 38. The minimum absolute atomic E-state index is 0.00908.